The number of nitrogens with two attached hydrogens (primary N) is 1. The largest absolute Gasteiger partial charge is 0.493 e. The number of nitrogens with one attached hydrogen (secondary N) is 1. The second kappa shape index (κ2) is 8.65. The summed E-state index contributed by atoms with van der Waals surface area (Å²) in [6.45, 7) is 1.43. The Hall–Kier alpha value is -2.21. The lowest BCUT2D eigenvalue weighted by atomic mass is 9.96. The maximum atomic E-state index is 6.07. The summed E-state index contributed by atoms with van der Waals surface area (Å²) >= 11 is 3.65. The molecule has 0 atom stereocenters. The van der Waals surface area contributed by atoms with E-state index >= 15 is 0 Å². The number of benzene rings is 2. The molecule has 0 heterocycles. The van der Waals surface area contributed by atoms with Crippen LogP contribution in [0.25, 0.3) is 0 Å². The molecule has 2 aromatic rings. The van der Waals surface area contributed by atoms with Crippen molar-refractivity contribution in [3.05, 3.63) is 58.1 Å². The Morgan fingerprint density at radius 3 is 2.56 bits per heavy atom. The van der Waals surface area contributed by atoms with Crippen LogP contribution in [0, 0.1) is 0 Å². The van der Waals surface area contributed by atoms with Gasteiger partial charge in [-0.3, -0.25) is 4.99 Å². The van der Waals surface area contributed by atoms with E-state index in [2.05, 4.69) is 44.4 Å². The Bertz CT molecular complexity index is 819. The van der Waals surface area contributed by atoms with Crippen molar-refractivity contribution in [2.75, 3.05) is 27.3 Å². The van der Waals surface area contributed by atoms with E-state index < -0.39 is 0 Å². The lowest BCUT2D eigenvalue weighted by Gasteiger charge is -2.15. The minimum Gasteiger partial charge on any atom is -0.493 e. The van der Waals surface area contributed by atoms with Crippen molar-refractivity contribution in [1.29, 1.82) is 0 Å². The molecule has 1 aliphatic carbocycles. The van der Waals surface area contributed by atoms with Gasteiger partial charge >= 0.3 is 0 Å². The highest BCUT2D eigenvalue weighted by Crippen LogP contribution is 2.50. The van der Waals surface area contributed by atoms with Gasteiger partial charge in [-0.1, -0.05) is 40.2 Å². The van der Waals surface area contributed by atoms with Crippen LogP contribution in [0.4, 0.5) is 0 Å². The Morgan fingerprint density at radius 1 is 1.15 bits per heavy atom. The van der Waals surface area contributed by atoms with Gasteiger partial charge in [-0.2, -0.15) is 0 Å². The van der Waals surface area contributed by atoms with Gasteiger partial charge in [0.2, 0.25) is 0 Å². The molecule has 3 rings (SSSR count). The fourth-order valence-corrected chi connectivity index (χ4v) is 3.92. The van der Waals surface area contributed by atoms with Gasteiger partial charge in [-0.25, -0.2) is 0 Å². The lowest BCUT2D eigenvalue weighted by molar-refractivity contribution is 0.354. The van der Waals surface area contributed by atoms with Crippen molar-refractivity contribution in [3.8, 4) is 11.5 Å². The van der Waals surface area contributed by atoms with Crippen LogP contribution >= 0.6 is 15.9 Å². The molecule has 1 aliphatic rings. The number of aliphatic imine (C=N–C) groups is 1. The monoisotopic (exact) mass is 431 g/mol. The van der Waals surface area contributed by atoms with Crippen molar-refractivity contribution in [3.63, 3.8) is 0 Å². The van der Waals surface area contributed by atoms with Crippen LogP contribution in [0.1, 0.15) is 24.0 Å². The molecule has 0 radical (unpaired) electrons. The highest BCUT2D eigenvalue weighted by molar-refractivity contribution is 9.10. The highest BCUT2D eigenvalue weighted by atomic mass is 79.9. The summed E-state index contributed by atoms with van der Waals surface area (Å²) in [5.41, 5.74) is 8.69. The third-order valence-electron chi connectivity index (χ3n) is 5.02. The number of halogens is 1. The Kier molecular flexibility index (Phi) is 6.26. The molecule has 5 nitrogen and oxygen atoms in total. The Balaban J connectivity index is 1.53. The van der Waals surface area contributed by atoms with Crippen molar-refractivity contribution in [1.82, 2.24) is 5.32 Å². The standard InChI is InChI=1S/C21H26BrN3O2/c1-26-18-8-7-15(13-19(18)27-2)9-12-24-20(23)25-14-21(10-11-21)16-5-3-4-6-17(16)22/h3-8,13H,9-12,14H2,1-2H3,(H3,23,24,25). The van der Waals surface area contributed by atoms with Crippen molar-refractivity contribution < 1.29 is 9.47 Å². The van der Waals surface area contributed by atoms with Gasteiger partial charge in [0, 0.05) is 16.4 Å². The summed E-state index contributed by atoms with van der Waals surface area (Å²) in [4.78, 5) is 4.59. The SMILES string of the molecule is COc1ccc(CCNC(N)=NCC2(c3ccccc3Br)CC2)cc1OC. The first-order chi connectivity index (χ1) is 13.1. The fraction of sp³-hybridized carbons (Fsp3) is 0.381. The molecule has 0 bridgehead atoms. The minimum absolute atomic E-state index is 0.135. The van der Waals surface area contributed by atoms with E-state index in [1.807, 2.05) is 24.3 Å². The van der Waals surface area contributed by atoms with E-state index in [4.69, 9.17) is 15.2 Å². The van der Waals surface area contributed by atoms with E-state index in [0.29, 0.717) is 19.0 Å². The molecule has 0 amide bonds. The van der Waals surface area contributed by atoms with Gasteiger partial charge in [0.1, 0.15) is 0 Å². The first kappa shape index (κ1) is 19.5. The number of guanidine groups is 1. The Morgan fingerprint density at radius 2 is 1.89 bits per heavy atom. The second-order valence-electron chi connectivity index (χ2n) is 6.83. The van der Waals surface area contributed by atoms with Crippen LogP contribution in [0.3, 0.4) is 0 Å². The highest BCUT2D eigenvalue weighted by Gasteiger charge is 2.45. The molecule has 3 N–H and O–H groups in total. The zero-order valence-corrected chi connectivity index (χ0v) is 17.4. The van der Waals surface area contributed by atoms with Gasteiger partial charge in [-0.05, 0) is 48.6 Å². The molecule has 1 fully saturated rings. The van der Waals surface area contributed by atoms with Gasteiger partial charge < -0.3 is 20.5 Å². The molecular weight excluding hydrogens is 406 g/mol. The van der Waals surface area contributed by atoms with E-state index in [-0.39, 0.29) is 5.41 Å². The molecular formula is C21H26BrN3O2. The number of methoxy groups -OCH3 is 2. The average molecular weight is 432 g/mol. The molecule has 0 unspecified atom stereocenters. The minimum atomic E-state index is 0.135. The molecule has 2 aromatic carbocycles. The number of ether oxygens (including phenoxy) is 2. The molecule has 0 saturated heterocycles. The summed E-state index contributed by atoms with van der Waals surface area (Å²) in [6.07, 6.45) is 3.13. The number of rotatable bonds is 8. The van der Waals surface area contributed by atoms with Gasteiger partial charge in [-0.15, -0.1) is 0 Å². The molecule has 0 aromatic heterocycles. The van der Waals surface area contributed by atoms with E-state index in [9.17, 15) is 0 Å². The summed E-state index contributed by atoms with van der Waals surface area (Å²) in [6, 6.07) is 14.3. The predicted molar refractivity (Wildman–Crippen MR) is 113 cm³/mol. The first-order valence-electron chi connectivity index (χ1n) is 9.08. The summed E-state index contributed by atoms with van der Waals surface area (Å²) in [5, 5.41) is 3.21. The van der Waals surface area contributed by atoms with Crippen LogP contribution in [-0.2, 0) is 11.8 Å². The smallest absolute Gasteiger partial charge is 0.188 e. The first-order valence-corrected chi connectivity index (χ1v) is 9.87. The van der Waals surface area contributed by atoms with Crippen LogP contribution in [0.5, 0.6) is 11.5 Å². The third-order valence-corrected chi connectivity index (χ3v) is 5.71. The van der Waals surface area contributed by atoms with Crippen molar-refractivity contribution in [2.24, 2.45) is 10.7 Å². The molecule has 1 saturated carbocycles. The van der Waals surface area contributed by atoms with E-state index in [1.54, 1.807) is 14.2 Å². The van der Waals surface area contributed by atoms with Gasteiger partial charge in [0.15, 0.2) is 17.5 Å². The average Bonchev–Trinajstić information content (AvgIpc) is 3.47. The third kappa shape index (κ3) is 4.75. The number of nitrogens with zero attached hydrogens (tertiary/aromatic N) is 1. The van der Waals surface area contributed by atoms with Crippen molar-refractivity contribution >= 4 is 21.9 Å². The summed E-state index contributed by atoms with van der Waals surface area (Å²) in [7, 11) is 3.28. The number of hydrogen-bond donors (Lipinski definition) is 2. The lowest BCUT2D eigenvalue weighted by Crippen LogP contribution is -2.34. The normalized spacial score (nSPS) is 15.3. The Labute approximate surface area is 169 Å². The molecule has 0 spiro atoms. The van der Waals surface area contributed by atoms with E-state index in [1.165, 1.54) is 5.56 Å². The molecule has 144 valence electrons. The number of hydrogen-bond acceptors (Lipinski definition) is 3. The maximum absolute atomic E-state index is 6.07. The second-order valence-corrected chi connectivity index (χ2v) is 7.68. The van der Waals surface area contributed by atoms with Crippen LogP contribution in [-0.4, -0.2) is 33.3 Å². The van der Waals surface area contributed by atoms with Crippen LogP contribution in [0.2, 0.25) is 0 Å². The predicted octanol–water partition coefficient (Wildman–Crippen LogP) is 3.64. The van der Waals surface area contributed by atoms with Crippen LogP contribution in [0.15, 0.2) is 51.9 Å². The molecule has 6 heteroatoms. The quantitative estimate of drug-likeness (QED) is 0.494. The molecule has 27 heavy (non-hydrogen) atoms. The van der Waals surface area contributed by atoms with Crippen LogP contribution < -0.4 is 20.5 Å². The summed E-state index contributed by atoms with van der Waals surface area (Å²) < 4.78 is 11.8. The van der Waals surface area contributed by atoms with Gasteiger partial charge in [0.05, 0.1) is 20.8 Å². The topological polar surface area (TPSA) is 68.9 Å². The van der Waals surface area contributed by atoms with Gasteiger partial charge in [0.25, 0.3) is 0 Å². The zero-order valence-electron chi connectivity index (χ0n) is 15.8. The zero-order chi connectivity index (χ0) is 19.3. The maximum Gasteiger partial charge on any atom is 0.188 e. The van der Waals surface area contributed by atoms with E-state index in [0.717, 1.165) is 40.8 Å². The fourth-order valence-electron chi connectivity index (χ4n) is 3.22. The summed E-state index contributed by atoms with van der Waals surface area (Å²) in [5.74, 6) is 1.96. The van der Waals surface area contributed by atoms with Crippen molar-refractivity contribution in [2.45, 2.75) is 24.7 Å². The molecule has 0 aliphatic heterocycles.